The van der Waals surface area contributed by atoms with Crippen molar-refractivity contribution in [2.75, 3.05) is 18.0 Å². The van der Waals surface area contributed by atoms with E-state index in [0.717, 1.165) is 11.3 Å². The van der Waals surface area contributed by atoms with Gasteiger partial charge >= 0.3 is 6.18 Å². The fourth-order valence-corrected chi connectivity index (χ4v) is 2.26. The van der Waals surface area contributed by atoms with Crippen LogP contribution in [0.3, 0.4) is 0 Å². The molecule has 1 aromatic rings. The second-order valence-corrected chi connectivity index (χ2v) is 4.53. The van der Waals surface area contributed by atoms with Gasteiger partial charge in [0.05, 0.1) is 0 Å². The minimum Gasteiger partial charge on any atom is -0.367 e. The Morgan fingerprint density at radius 1 is 0.700 bits per heavy atom. The summed E-state index contributed by atoms with van der Waals surface area (Å²) >= 11 is 0. The Hall–Kier alpha value is -1.47. The van der Waals surface area contributed by atoms with Crippen LogP contribution in [0.15, 0.2) is 0 Å². The summed E-state index contributed by atoms with van der Waals surface area (Å²) in [4.78, 5) is 1.03. The number of piperidine rings is 1. The molecule has 1 nitrogen and oxygen atoms in total. The summed E-state index contributed by atoms with van der Waals surface area (Å²) < 4.78 is 91.5. The lowest BCUT2D eigenvalue weighted by Gasteiger charge is -2.30. The first-order valence-corrected chi connectivity index (χ1v) is 5.93. The summed E-state index contributed by atoms with van der Waals surface area (Å²) in [5, 5.41) is 0. The van der Waals surface area contributed by atoms with Crippen LogP contribution in [0.4, 0.5) is 36.4 Å². The molecular weight excluding hydrogens is 291 g/mol. The number of rotatable bonds is 1. The molecular formula is C12H10F7N. The lowest BCUT2D eigenvalue weighted by molar-refractivity contribution is -0.143. The van der Waals surface area contributed by atoms with Crippen molar-refractivity contribution < 1.29 is 30.7 Å². The predicted octanol–water partition coefficient (Wildman–Crippen LogP) is 4.25. The summed E-state index contributed by atoms with van der Waals surface area (Å²) in [5.74, 6) is -8.81. The fourth-order valence-electron chi connectivity index (χ4n) is 2.26. The second kappa shape index (κ2) is 5.14. The largest absolute Gasteiger partial charge is 0.422 e. The summed E-state index contributed by atoms with van der Waals surface area (Å²) in [7, 11) is 0. The van der Waals surface area contributed by atoms with E-state index in [1.165, 1.54) is 0 Å². The van der Waals surface area contributed by atoms with E-state index in [1.54, 1.807) is 0 Å². The predicted molar refractivity (Wildman–Crippen MR) is 57.3 cm³/mol. The third-order valence-corrected chi connectivity index (χ3v) is 3.20. The minimum atomic E-state index is -5.50. The Bertz CT molecular complexity index is 489. The van der Waals surface area contributed by atoms with E-state index in [2.05, 4.69) is 0 Å². The Kier molecular flexibility index (Phi) is 3.84. The molecule has 0 saturated carbocycles. The highest BCUT2D eigenvalue weighted by atomic mass is 19.4. The van der Waals surface area contributed by atoms with E-state index < -0.39 is 40.7 Å². The molecule has 112 valence electrons. The van der Waals surface area contributed by atoms with Crippen LogP contribution in [-0.4, -0.2) is 13.1 Å². The molecule has 1 saturated heterocycles. The third-order valence-electron chi connectivity index (χ3n) is 3.20. The van der Waals surface area contributed by atoms with Gasteiger partial charge in [-0.3, -0.25) is 0 Å². The molecule has 2 rings (SSSR count). The molecule has 0 spiro atoms. The van der Waals surface area contributed by atoms with Crippen molar-refractivity contribution in [2.45, 2.75) is 25.4 Å². The van der Waals surface area contributed by atoms with Gasteiger partial charge in [-0.2, -0.15) is 13.2 Å². The maximum absolute atomic E-state index is 13.7. The average molecular weight is 301 g/mol. The summed E-state index contributed by atoms with van der Waals surface area (Å²) in [5.41, 5.74) is -3.60. The Balaban J connectivity index is 2.61. The third kappa shape index (κ3) is 2.43. The molecule has 0 N–H and O–H groups in total. The number of alkyl halides is 3. The number of nitrogens with zero attached hydrogens (tertiary/aromatic N) is 1. The molecule has 1 fully saturated rings. The van der Waals surface area contributed by atoms with E-state index in [0.29, 0.717) is 12.8 Å². The van der Waals surface area contributed by atoms with Gasteiger partial charge in [-0.25, -0.2) is 17.6 Å². The molecule has 0 unspecified atom stereocenters. The topological polar surface area (TPSA) is 3.24 Å². The first-order chi connectivity index (χ1) is 9.25. The zero-order valence-corrected chi connectivity index (χ0v) is 10.1. The smallest absolute Gasteiger partial charge is 0.367 e. The molecule has 1 aromatic carbocycles. The van der Waals surface area contributed by atoms with Crippen LogP contribution in [-0.2, 0) is 6.18 Å². The van der Waals surface area contributed by atoms with Crippen LogP contribution in [0.2, 0.25) is 0 Å². The monoisotopic (exact) mass is 301 g/mol. The van der Waals surface area contributed by atoms with Gasteiger partial charge in [0.25, 0.3) is 0 Å². The molecule has 0 amide bonds. The van der Waals surface area contributed by atoms with Crippen LogP contribution < -0.4 is 4.90 Å². The van der Waals surface area contributed by atoms with Crippen molar-refractivity contribution in [2.24, 2.45) is 0 Å². The van der Waals surface area contributed by atoms with Gasteiger partial charge in [-0.15, -0.1) is 0 Å². The van der Waals surface area contributed by atoms with E-state index in [-0.39, 0.29) is 13.1 Å². The first kappa shape index (κ1) is 14.9. The molecule has 1 aliphatic rings. The highest BCUT2D eigenvalue weighted by Gasteiger charge is 2.43. The maximum Gasteiger partial charge on any atom is 0.422 e. The van der Waals surface area contributed by atoms with Gasteiger partial charge in [0.1, 0.15) is 11.3 Å². The van der Waals surface area contributed by atoms with E-state index in [1.807, 2.05) is 0 Å². The van der Waals surface area contributed by atoms with Crippen LogP contribution in [0.1, 0.15) is 24.8 Å². The van der Waals surface area contributed by atoms with Gasteiger partial charge < -0.3 is 4.90 Å². The molecule has 0 aliphatic carbocycles. The molecule has 1 heterocycles. The van der Waals surface area contributed by atoms with Crippen molar-refractivity contribution in [1.29, 1.82) is 0 Å². The van der Waals surface area contributed by atoms with Crippen molar-refractivity contribution >= 4 is 5.69 Å². The summed E-state index contributed by atoms with van der Waals surface area (Å²) in [6, 6.07) is 0. The lowest BCUT2D eigenvalue weighted by Crippen LogP contribution is -2.32. The van der Waals surface area contributed by atoms with Crippen molar-refractivity contribution in [1.82, 2.24) is 0 Å². The zero-order valence-electron chi connectivity index (χ0n) is 10.1. The molecule has 8 heteroatoms. The van der Waals surface area contributed by atoms with Crippen molar-refractivity contribution in [3.8, 4) is 0 Å². The van der Waals surface area contributed by atoms with Crippen LogP contribution >= 0.6 is 0 Å². The standard InChI is InChI=1S/C12H10F7N/c13-7-6(12(17,18)19)8(14)10(16)11(9(7)15)20-4-2-1-3-5-20/h1-5H2. The number of hydrogen-bond donors (Lipinski definition) is 0. The number of benzene rings is 1. The van der Waals surface area contributed by atoms with Crippen LogP contribution in [0.5, 0.6) is 0 Å². The molecule has 0 bridgehead atoms. The highest BCUT2D eigenvalue weighted by molar-refractivity contribution is 5.52. The lowest BCUT2D eigenvalue weighted by atomic mass is 10.1. The number of anilines is 1. The molecule has 20 heavy (non-hydrogen) atoms. The number of hydrogen-bond acceptors (Lipinski definition) is 1. The number of halogens is 7. The molecule has 0 radical (unpaired) electrons. The zero-order chi connectivity index (χ0) is 15.1. The van der Waals surface area contributed by atoms with E-state index in [4.69, 9.17) is 0 Å². The van der Waals surface area contributed by atoms with Gasteiger partial charge in [-0.05, 0) is 19.3 Å². The van der Waals surface area contributed by atoms with E-state index >= 15 is 0 Å². The van der Waals surface area contributed by atoms with E-state index in [9.17, 15) is 30.7 Å². The molecule has 1 aliphatic heterocycles. The molecule has 0 atom stereocenters. The first-order valence-electron chi connectivity index (χ1n) is 5.93. The van der Waals surface area contributed by atoms with Gasteiger partial charge in [0.15, 0.2) is 23.3 Å². The second-order valence-electron chi connectivity index (χ2n) is 4.53. The Morgan fingerprint density at radius 3 is 1.55 bits per heavy atom. The maximum atomic E-state index is 13.7. The summed E-state index contributed by atoms with van der Waals surface area (Å²) in [6.07, 6.45) is -3.63. The van der Waals surface area contributed by atoms with Crippen molar-refractivity contribution in [3.05, 3.63) is 28.8 Å². The fraction of sp³-hybridized carbons (Fsp3) is 0.500. The quantitative estimate of drug-likeness (QED) is 0.553. The Morgan fingerprint density at radius 2 is 1.15 bits per heavy atom. The SMILES string of the molecule is Fc1c(F)c(C(F)(F)F)c(F)c(F)c1N1CCCCC1. The highest BCUT2D eigenvalue weighted by Crippen LogP contribution is 2.39. The van der Waals surface area contributed by atoms with Crippen molar-refractivity contribution in [3.63, 3.8) is 0 Å². The van der Waals surface area contributed by atoms with Gasteiger partial charge in [-0.1, -0.05) is 0 Å². The van der Waals surface area contributed by atoms with Crippen LogP contribution in [0.25, 0.3) is 0 Å². The van der Waals surface area contributed by atoms with Gasteiger partial charge in [0, 0.05) is 13.1 Å². The van der Waals surface area contributed by atoms with Crippen LogP contribution in [0, 0.1) is 23.3 Å². The molecule has 0 aromatic heterocycles. The minimum absolute atomic E-state index is 0.137. The Labute approximate surface area is 110 Å². The summed E-state index contributed by atoms with van der Waals surface area (Å²) in [6.45, 7) is 0.274. The normalized spacial score (nSPS) is 16.6. The van der Waals surface area contributed by atoms with Gasteiger partial charge in [0.2, 0.25) is 0 Å². The average Bonchev–Trinajstić information content (AvgIpc) is 2.37.